The van der Waals surface area contributed by atoms with Crippen molar-refractivity contribution in [1.29, 1.82) is 0 Å². The smallest absolute Gasteiger partial charge is 0.242 e. The van der Waals surface area contributed by atoms with E-state index >= 15 is 0 Å². The van der Waals surface area contributed by atoms with Crippen LogP contribution in [0.15, 0.2) is 29.2 Å². The fourth-order valence-corrected chi connectivity index (χ4v) is 3.58. The number of nitrogens with one attached hydrogen (secondary N) is 1. The third kappa shape index (κ3) is 5.74. The number of sulfonamides is 1. The van der Waals surface area contributed by atoms with E-state index < -0.39 is 19.9 Å². The van der Waals surface area contributed by atoms with Gasteiger partial charge in [-0.05, 0) is 37.7 Å². The number of benzene rings is 1. The van der Waals surface area contributed by atoms with E-state index in [1.807, 2.05) is 7.05 Å². The second-order valence-electron chi connectivity index (χ2n) is 4.95. The molecule has 1 aromatic carbocycles. The third-order valence-corrected chi connectivity index (χ3v) is 5.87. The van der Waals surface area contributed by atoms with Gasteiger partial charge in [-0.2, -0.15) is 4.31 Å². The van der Waals surface area contributed by atoms with Crippen molar-refractivity contribution in [3.63, 3.8) is 0 Å². The second kappa shape index (κ2) is 7.35. The average Bonchev–Trinajstić information content (AvgIpc) is 2.42. The molecule has 1 N–H and O–H groups in total. The molecule has 21 heavy (non-hydrogen) atoms. The molecule has 0 spiro atoms. The lowest BCUT2D eigenvalue weighted by molar-refractivity contribution is 0.485. The predicted octanol–water partition coefficient (Wildman–Crippen LogP) is 0.114. The fraction of sp³-hybridized carbons (Fsp3) is 0.538. The minimum atomic E-state index is -3.65. The average molecular weight is 334 g/mol. The number of hydrogen-bond acceptors (Lipinski definition) is 5. The van der Waals surface area contributed by atoms with Crippen molar-refractivity contribution in [1.82, 2.24) is 9.62 Å². The summed E-state index contributed by atoms with van der Waals surface area (Å²) in [5.41, 5.74) is 1.04. The minimum Gasteiger partial charge on any atom is -0.319 e. The Kier molecular flexibility index (Phi) is 6.33. The van der Waals surface area contributed by atoms with E-state index in [0.717, 1.165) is 29.1 Å². The Balaban J connectivity index is 2.82. The summed E-state index contributed by atoms with van der Waals surface area (Å²) in [6.07, 6.45) is 1.91. The quantitative estimate of drug-likeness (QED) is 0.730. The van der Waals surface area contributed by atoms with Crippen molar-refractivity contribution in [3.05, 3.63) is 29.8 Å². The van der Waals surface area contributed by atoms with Gasteiger partial charge in [-0.15, -0.1) is 0 Å². The molecule has 0 saturated carbocycles. The van der Waals surface area contributed by atoms with Crippen molar-refractivity contribution in [3.8, 4) is 0 Å². The molecule has 8 heteroatoms. The molecule has 0 saturated heterocycles. The molecule has 0 aliphatic rings. The highest BCUT2D eigenvalue weighted by molar-refractivity contribution is 7.91. The Morgan fingerprint density at radius 2 is 1.67 bits per heavy atom. The maximum atomic E-state index is 12.3. The molecule has 0 atom stereocenters. The third-order valence-electron chi connectivity index (χ3n) is 3.07. The van der Waals surface area contributed by atoms with Gasteiger partial charge in [0.15, 0.2) is 0 Å². The number of likely N-dealkylation sites (N-methyl/N-ethyl adjacent to an activating group) is 1. The highest BCUT2D eigenvalue weighted by Crippen LogP contribution is 2.15. The van der Waals surface area contributed by atoms with Gasteiger partial charge in [-0.25, -0.2) is 16.8 Å². The van der Waals surface area contributed by atoms with Gasteiger partial charge >= 0.3 is 0 Å². The van der Waals surface area contributed by atoms with Crippen LogP contribution in [0.25, 0.3) is 0 Å². The van der Waals surface area contributed by atoms with Crippen molar-refractivity contribution < 1.29 is 16.8 Å². The van der Waals surface area contributed by atoms with E-state index in [0.29, 0.717) is 0 Å². The van der Waals surface area contributed by atoms with Gasteiger partial charge < -0.3 is 5.32 Å². The van der Waals surface area contributed by atoms with Crippen molar-refractivity contribution >= 4 is 19.9 Å². The molecule has 0 amide bonds. The molecule has 0 bridgehead atoms. The summed E-state index contributed by atoms with van der Waals surface area (Å²) in [4.78, 5) is 0.173. The van der Waals surface area contributed by atoms with Gasteiger partial charge in [0.2, 0.25) is 10.0 Å². The highest BCUT2D eigenvalue weighted by Gasteiger charge is 2.21. The molecular weight excluding hydrogens is 312 g/mol. The zero-order chi connectivity index (χ0) is 16.1. The van der Waals surface area contributed by atoms with Crippen LogP contribution in [-0.2, 0) is 26.3 Å². The van der Waals surface area contributed by atoms with Gasteiger partial charge in [0.05, 0.1) is 10.6 Å². The number of rotatable bonds is 8. The normalized spacial score (nSPS) is 12.8. The summed E-state index contributed by atoms with van der Waals surface area (Å²) >= 11 is 0. The van der Waals surface area contributed by atoms with E-state index in [-0.39, 0.29) is 17.2 Å². The first-order valence-corrected chi connectivity index (χ1v) is 10.0. The predicted molar refractivity (Wildman–Crippen MR) is 83.6 cm³/mol. The number of nitrogens with zero attached hydrogens (tertiary/aromatic N) is 1. The summed E-state index contributed by atoms with van der Waals surface area (Å²) in [7, 11) is -3.60. The van der Waals surface area contributed by atoms with Crippen LogP contribution >= 0.6 is 0 Å². The Labute approximate surface area is 127 Å². The van der Waals surface area contributed by atoms with E-state index in [2.05, 4.69) is 5.32 Å². The van der Waals surface area contributed by atoms with Gasteiger partial charge in [0, 0.05) is 19.8 Å². The molecule has 0 aliphatic heterocycles. The summed E-state index contributed by atoms with van der Waals surface area (Å²) in [5, 5.41) is 3.03. The fourth-order valence-electron chi connectivity index (χ4n) is 1.69. The number of sulfone groups is 1. The molecule has 6 nitrogen and oxygen atoms in total. The lowest BCUT2D eigenvalue weighted by Gasteiger charge is -2.16. The van der Waals surface area contributed by atoms with Crippen LogP contribution in [0, 0.1) is 0 Å². The monoisotopic (exact) mass is 334 g/mol. The Bertz CT molecular complexity index is 652. The molecule has 0 heterocycles. The molecule has 0 aliphatic carbocycles. The SMILES string of the molecule is CNCCc1ccc(S(=O)(=O)N(C)CCS(C)(=O)=O)cc1. The topological polar surface area (TPSA) is 83.6 Å². The largest absolute Gasteiger partial charge is 0.319 e. The number of hydrogen-bond donors (Lipinski definition) is 1. The van der Waals surface area contributed by atoms with Gasteiger partial charge in [0.1, 0.15) is 9.84 Å². The van der Waals surface area contributed by atoms with Crippen LogP contribution in [0.4, 0.5) is 0 Å². The van der Waals surface area contributed by atoms with Gasteiger partial charge in [-0.1, -0.05) is 12.1 Å². The zero-order valence-electron chi connectivity index (χ0n) is 12.5. The minimum absolute atomic E-state index is 0.0529. The van der Waals surface area contributed by atoms with Crippen molar-refractivity contribution in [2.24, 2.45) is 0 Å². The molecule has 0 radical (unpaired) electrons. The van der Waals surface area contributed by atoms with Crippen LogP contribution in [-0.4, -0.2) is 60.3 Å². The van der Waals surface area contributed by atoms with Crippen LogP contribution in [0.2, 0.25) is 0 Å². The summed E-state index contributed by atoms with van der Waals surface area (Å²) in [6.45, 7) is 0.767. The standard InChI is InChI=1S/C13H22N2O4S2/c1-14-9-8-12-4-6-13(7-5-12)21(18,19)15(2)10-11-20(3,16)17/h4-7,14H,8-11H2,1-3H3. The van der Waals surface area contributed by atoms with E-state index in [4.69, 9.17) is 0 Å². The zero-order valence-corrected chi connectivity index (χ0v) is 14.2. The highest BCUT2D eigenvalue weighted by atomic mass is 32.2. The van der Waals surface area contributed by atoms with Crippen LogP contribution < -0.4 is 5.32 Å². The van der Waals surface area contributed by atoms with Gasteiger partial charge in [0.25, 0.3) is 0 Å². The molecule has 1 rings (SSSR count). The molecule has 120 valence electrons. The first kappa shape index (κ1) is 18.1. The maximum Gasteiger partial charge on any atom is 0.242 e. The first-order valence-electron chi connectivity index (χ1n) is 6.54. The Hall–Kier alpha value is -0.960. The van der Waals surface area contributed by atoms with E-state index in [1.165, 1.54) is 7.05 Å². The van der Waals surface area contributed by atoms with Crippen LogP contribution in [0.1, 0.15) is 5.56 Å². The molecule has 0 fully saturated rings. The summed E-state index contributed by atoms with van der Waals surface area (Å²) < 4.78 is 47.9. The lowest BCUT2D eigenvalue weighted by atomic mass is 10.1. The molecule has 1 aromatic rings. The Morgan fingerprint density at radius 1 is 1.10 bits per heavy atom. The first-order chi connectivity index (χ1) is 9.66. The maximum absolute atomic E-state index is 12.3. The van der Waals surface area contributed by atoms with E-state index in [1.54, 1.807) is 24.3 Å². The lowest BCUT2D eigenvalue weighted by Crippen LogP contribution is -2.31. The van der Waals surface area contributed by atoms with E-state index in [9.17, 15) is 16.8 Å². The van der Waals surface area contributed by atoms with Crippen molar-refractivity contribution in [2.45, 2.75) is 11.3 Å². The second-order valence-corrected chi connectivity index (χ2v) is 9.26. The molecule has 0 unspecified atom stereocenters. The van der Waals surface area contributed by atoms with Crippen LogP contribution in [0.5, 0.6) is 0 Å². The van der Waals surface area contributed by atoms with Crippen molar-refractivity contribution in [2.75, 3.05) is 39.2 Å². The summed E-state index contributed by atoms with van der Waals surface area (Å²) in [6, 6.07) is 6.65. The van der Waals surface area contributed by atoms with Gasteiger partial charge in [-0.3, -0.25) is 0 Å². The van der Waals surface area contributed by atoms with Crippen LogP contribution in [0.3, 0.4) is 0 Å². The molecule has 0 aromatic heterocycles. The molecular formula is C13H22N2O4S2. The Morgan fingerprint density at radius 3 is 2.14 bits per heavy atom. The summed E-state index contributed by atoms with van der Waals surface area (Å²) in [5.74, 6) is -0.191.